The summed E-state index contributed by atoms with van der Waals surface area (Å²) >= 11 is 6.01. The van der Waals surface area contributed by atoms with Gasteiger partial charge in [-0.1, -0.05) is 43.6 Å². The molecule has 0 aliphatic heterocycles. The van der Waals surface area contributed by atoms with Crippen LogP contribution in [0, 0.1) is 6.92 Å². The minimum absolute atomic E-state index is 0.239. The Balaban J connectivity index is 2.27. The van der Waals surface area contributed by atoms with Crippen LogP contribution in [-0.2, 0) is 10.0 Å². The summed E-state index contributed by atoms with van der Waals surface area (Å²) in [6.45, 7) is 6.00. The standard InChI is InChI=1S/C16H18ClNO2S/c1-11(2)13-5-8-15(9-6-13)21(19,20)18-14-7-4-12(3)16(17)10-14/h4-11,18H,1-3H3. The lowest BCUT2D eigenvalue weighted by atomic mass is 10.0. The van der Waals surface area contributed by atoms with Gasteiger partial charge in [0.25, 0.3) is 10.0 Å². The van der Waals surface area contributed by atoms with Crippen LogP contribution in [0.5, 0.6) is 0 Å². The van der Waals surface area contributed by atoms with Crippen molar-refractivity contribution >= 4 is 27.3 Å². The van der Waals surface area contributed by atoms with Gasteiger partial charge in [0, 0.05) is 5.02 Å². The molecule has 0 atom stereocenters. The van der Waals surface area contributed by atoms with Crippen LogP contribution >= 0.6 is 11.6 Å². The molecule has 0 amide bonds. The zero-order chi connectivity index (χ0) is 15.6. The van der Waals surface area contributed by atoms with Crippen molar-refractivity contribution in [3.8, 4) is 0 Å². The molecule has 0 bridgehead atoms. The van der Waals surface area contributed by atoms with Crippen LogP contribution < -0.4 is 4.72 Å². The monoisotopic (exact) mass is 323 g/mol. The summed E-state index contributed by atoms with van der Waals surface area (Å²) in [5.41, 5.74) is 2.46. The molecule has 2 aromatic rings. The maximum Gasteiger partial charge on any atom is 0.261 e. The Labute approximate surface area is 131 Å². The lowest BCUT2D eigenvalue weighted by Crippen LogP contribution is -2.13. The molecule has 112 valence electrons. The van der Waals surface area contributed by atoms with Crippen LogP contribution in [0.25, 0.3) is 0 Å². The van der Waals surface area contributed by atoms with E-state index in [9.17, 15) is 8.42 Å². The van der Waals surface area contributed by atoms with Gasteiger partial charge in [-0.25, -0.2) is 8.42 Å². The van der Waals surface area contributed by atoms with Gasteiger partial charge in [0.1, 0.15) is 0 Å². The minimum Gasteiger partial charge on any atom is -0.280 e. The second kappa shape index (κ2) is 6.08. The van der Waals surface area contributed by atoms with Crippen molar-refractivity contribution in [3.05, 3.63) is 58.6 Å². The topological polar surface area (TPSA) is 46.2 Å². The molecule has 0 aliphatic rings. The zero-order valence-electron chi connectivity index (χ0n) is 12.2. The Bertz CT molecular complexity index is 737. The number of hydrogen-bond donors (Lipinski definition) is 1. The predicted molar refractivity (Wildman–Crippen MR) is 87.5 cm³/mol. The van der Waals surface area contributed by atoms with Gasteiger partial charge in [-0.2, -0.15) is 0 Å². The quantitative estimate of drug-likeness (QED) is 0.895. The summed E-state index contributed by atoms with van der Waals surface area (Å²) in [6.07, 6.45) is 0. The molecule has 0 fully saturated rings. The van der Waals surface area contributed by atoms with E-state index in [1.165, 1.54) is 0 Å². The van der Waals surface area contributed by atoms with Gasteiger partial charge < -0.3 is 0 Å². The molecule has 21 heavy (non-hydrogen) atoms. The molecule has 3 nitrogen and oxygen atoms in total. The van der Waals surface area contributed by atoms with Gasteiger partial charge in [-0.05, 0) is 48.2 Å². The lowest BCUT2D eigenvalue weighted by Gasteiger charge is -2.11. The molecule has 0 radical (unpaired) electrons. The van der Waals surface area contributed by atoms with Crippen molar-refractivity contribution in [2.45, 2.75) is 31.6 Å². The van der Waals surface area contributed by atoms with E-state index in [2.05, 4.69) is 18.6 Å². The molecule has 0 spiro atoms. The first kappa shape index (κ1) is 15.9. The van der Waals surface area contributed by atoms with E-state index in [-0.39, 0.29) is 4.90 Å². The number of halogens is 1. The predicted octanol–water partition coefficient (Wildman–Crippen LogP) is 4.57. The van der Waals surface area contributed by atoms with Crippen molar-refractivity contribution in [1.82, 2.24) is 0 Å². The number of anilines is 1. The summed E-state index contributed by atoms with van der Waals surface area (Å²) < 4.78 is 27.2. The second-order valence-electron chi connectivity index (χ2n) is 5.29. The Morgan fingerprint density at radius 1 is 1.05 bits per heavy atom. The minimum atomic E-state index is -3.59. The van der Waals surface area contributed by atoms with Gasteiger partial charge in [-0.15, -0.1) is 0 Å². The van der Waals surface area contributed by atoms with Crippen LogP contribution in [0.4, 0.5) is 5.69 Å². The molecule has 0 saturated carbocycles. The van der Waals surface area contributed by atoms with Gasteiger partial charge >= 0.3 is 0 Å². The van der Waals surface area contributed by atoms with Crippen LogP contribution in [0.2, 0.25) is 5.02 Å². The maximum absolute atomic E-state index is 12.3. The summed E-state index contributed by atoms with van der Waals surface area (Å²) in [5, 5.41) is 0.533. The highest BCUT2D eigenvalue weighted by Crippen LogP contribution is 2.23. The zero-order valence-corrected chi connectivity index (χ0v) is 13.8. The highest BCUT2D eigenvalue weighted by atomic mass is 35.5. The molecule has 2 rings (SSSR count). The van der Waals surface area contributed by atoms with Crippen molar-refractivity contribution in [2.24, 2.45) is 0 Å². The van der Waals surface area contributed by atoms with Gasteiger partial charge in [-0.3, -0.25) is 4.72 Å². The van der Waals surface area contributed by atoms with Gasteiger partial charge in [0.05, 0.1) is 10.6 Å². The fourth-order valence-corrected chi connectivity index (χ4v) is 3.13. The SMILES string of the molecule is Cc1ccc(NS(=O)(=O)c2ccc(C(C)C)cc2)cc1Cl. The van der Waals surface area contributed by atoms with Gasteiger partial charge in [0.15, 0.2) is 0 Å². The Hall–Kier alpha value is -1.52. The largest absolute Gasteiger partial charge is 0.280 e. The van der Waals surface area contributed by atoms with E-state index in [0.717, 1.165) is 11.1 Å². The highest BCUT2D eigenvalue weighted by Gasteiger charge is 2.14. The number of hydrogen-bond acceptors (Lipinski definition) is 2. The fourth-order valence-electron chi connectivity index (χ4n) is 1.90. The molecule has 0 aromatic heterocycles. The summed E-state index contributed by atoms with van der Waals surface area (Å²) in [4.78, 5) is 0.239. The normalized spacial score (nSPS) is 11.7. The molecule has 1 N–H and O–H groups in total. The van der Waals surface area contributed by atoms with E-state index in [4.69, 9.17) is 11.6 Å². The highest BCUT2D eigenvalue weighted by molar-refractivity contribution is 7.92. The Morgan fingerprint density at radius 2 is 1.67 bits per heavy atom. The van der Waals surface area contributed by atoms with Crippen LogP contribution in [0.3, 0.4) is 0 Å². The Kier molecular flexibility index (Phi) is 4.59. The van der Waals surface area contributed by atoms with E-state index < -0.39 is 10.0 Å². The summed E-state index contributed by atoms with van der Waals surface area (Å²) in [5.74, 6) is 0.366. The average molecular weight is 324 g/mol. The first-order chi connectivity index (χ1) is 9.79. The third-order valence-corrected chi connectivity index (χ3v) is 5.09. The summed E-state index contributed by atoms with van der Waals surface area (Å²) in [6, 6.07) is 12.0. The molecule has 5 heteroatoms. The van der Waals surface area contributed by atoms with Crippen molar-refractivity contribution < 1.29 is 8.42 Å². The van der Waals surface area contributed by atoms with Crippen molar-refractivity contribution in [2.75, 3.05) is 4.72 Å². The first-order valence-electron chi connectivity index (χ1n) is 6.68. The third kappa shape index (κ3) is 3.77. The van der Waals surface area contributed by atoms with E-state index in [1.54, 1.807) is 30.3 Å². The van der Waals surface area contributed by atoms with Crippen LogP contribution in [0.1, 0.15) is 30.9 Å². The molecular formula is C16H18ClNO2S. The first-order valence-corrected chi connectivity index (χ1v) is 8.54. The van der Waals surface area contributed by atoms with E-state index >= 15 is 0 Å². The number of benzene rings is 2. The third-order valence-electron chi connectivity index (χ3n) is 3.28. The average Bonchev–Trinajstić information content (AvgIpc) is 2.43. The lowest BCUT2D eigenvalue weighted by molar-refractivity contribution is 0.601. The smallest absolute Gasteiger partial charge is 0.261 e. The number of sulfonamides is 1. The molecular weight excluding hydrogens is 306 g/mol. The summed E-state index contributed by atoms with van der Waals surface area (Å²) in [7, 11) is -3.59. The molecule has 0 aliphatic carbocycles. The van der Waals surface area contributed by atoms with Crippen molar-refractivity contribution in [1.29, 1.82) is 0 Å². The van der Waals surface area contributed by atoms with Crippen molar-refractivity contribution in [3.63, 3.8) is 0 Å². The molecule has 0 heterocycles. The van der Waals surface area contributed by atoms with E-state index in [1.807, 2.05) is 19.1 Å². The van der Waals surface area contributed by atoms with Crippen LogP contribution in [-0.4, -0.2) is 8.42 Å². The molecule has 0 saturated heterocycles. The van der Waals surface area contributed by atoms with Crippen LogP contribution in [0.15, 0.2) is 47.4 Å². The number of rotatable bonds is 4. The maximum atomic E-state index is 12.3. The molecule has 0 unspecified atom stereocenters. The number of nitrogens with one attached hydrogen (secondary N) is 1. The second-order valence-corrected chi connectivity index (χ2v) is 7.38. The molecule has 2 aromatic carbocycles. The number of aryl methyl sites for hydroxylation is 1. The van der Waals surface area contributed by atoms with Gasteiger partial charge in [0.2, 0.25) is 0 Å². The van der Waals surface area contributed by atoms with E-state index in [0.29, 0.717) is 16.6 Å². The fraction of sp³-hybridized carbons (Fsp3) is 0.250. The Morgan fingerprint density at radius 3 is 2.19 bits per heavy atom.